The summed E-state index contributed by atoms with van der Waals surface area (Å²) in [4.78, 5) is 72.0. The number of ether oxygens (including phenoxy) is 16. The minimum Gasteiger partial charge on any atom is -0.497 e. The molecule has 2 aliphatic carbocycles. The quantitative estimate of drug-likeness (QED) is 0.0193. The van der Waals surface area contributed by atoms with Crippen molar-refractivity contribution in [3.05, 3.63) is 232 Å². The molecule has 6 N–H and O–H groups in total. The van der Waals surface area contributed by atoms with Gasteiger partial charge in [0.25, 0.3) is 29.5 Å². The van der Waals surface area contributed by atoms with Crippen LogP contribution in [0.5, 0.6) is 92.0 Å². The van der Waals surface area contributed by atoms with Crippen molar-refractivity contribution in [2.75, 3.05) is 156 Å². The minimum atomic E-state index is -2.63. The monoisotopic (exact) mass is 2060 g/mol. The molecule has 790 valence electrons. The molecule has 146 heavy (non-hydrogen) atoms. The number of carbonyl (C=O) groups is 5. The second-order valence-corrected chi connectivity index (χ2v) is 35.9. The molecule has 2 aliphatic rings. The Morgan fingerprint density at radius 2 is 0.801 bits per heavy atom. The summed E-state index contributed by atoms with van der Waals surface area (Å²) in [6.45, 7) is 11.4. The van der Waals surface area contributed by atoms with Crippen molar-refractivity contribution in [2.24, 2.45) is 0 Å². The molecule has 1 atom stereocenters. The molecule has 32 nitrogen and oxygen atoms in total. The number of unbranched alkanes of at least 4 members (excludes halogenated alkanes) is 3. The average Bonchev–Trinajstić information content (AvgIpc) is 0.889. The second-order valence-electron chi connectivity index (χ2n) is 34.7. The van der Waals surface area contributed by atoms with Crippen molar-refractivity contribution in [3.63, 3.8) is 0 Å². The summed E-state index contributed by atoms with van der Waals surface area (Å²) in [6.07, 6.45) is 14.1. The molecule has 0 aliphatic heterocycles. The zero-order valence-electron chi connectivity index (χ0n) is 87.0. The van der Waals surface area contributed by atoms with Crippen molar-refractivity contribution >= 4 is 74.9 Å². The van der Waals surface area contributed by atoms with Crippen LogP contribution in [0.3, 0.4) is 0 Å². The number of fused-ring (bicyclic) bond motifs is 1. The van der Waals surface area contributed by atoms with Crippen molar-refractivity contribution in [2.45, 2.75) is 160 Å². The standard InChI is InChI=1S/C25H22N2O4.C24H34N2O5.C23H29NO5.C22H34F2N2O4.C16H21N3O4S.ClH/c1-29-22-13-19(14-23(30-2)24(22)31-16-17-7-4-3-5-8-17)25(28)27-21-10-6-9-18-15-26-12-11-20(18)21;1-7-8-13-31-23-21(29-5)14-18(15-22(23)30-6)24(27)25-16-20(26(2)3)17-9-11-19(28-4)12-10-17;1-27-19-13-18(22(25)24-16-23(26)11-7-4-8-12-23)14-20(28-2)21(19)29-15-17-9-5-3-6-10-17;1-6-7-12-30-19-17(28-4)13-16(14-18(19)29-5)20(27)25-15-21(26(2)3)8-10-22(23,24)11-9-21;1-5-6-7-23-14-12(21-3)8-11(9-13(14)22-4)15(20)17-16-19-18-10(2)24-16;/h3-15H,16H2,1-2H3,(H,27,28);9-12,14-15,20H,7-8,13,16H2,1-6H3,(H,25,27);3,5-6,9-10,13-14,26H,4,7-8,11-12,15-16H2,1-2H3,(H,24,25);13-14H,6-12,15H2,1-5H3,(H,25,27);8-9H,5-7H2,1-4H3,(H,17,19,20);1H. The van der Waals surface area contributed by atoms with Crippen LogP contribution in [-0.2, 0) is 13.2 Å². The van der Waals surface area contributed by atoms with Crippen LogP contribution in [0.15, 0.2) is 182 Å². The van der Waals surface area contributed by atoms with Gasteiger partial charge in [-0.2, -0.15) is 0 Å². The SMILES string of the molecule is CCCCOc1c(OC)cc(C(=O)NCC(c2ccc(OC)cc2)N(C)C)cc1OC.CCCCOc1c(OC)cc(C(=O)NCC2(N(C)C)CCC(F)(F)CC2)cc1OC.CCCCOc1c(OC)cc(C(=O)Nc2nnc(C)s2)cc1OC.COc1cc(C(=O)NCC2(O)CCCCC2)cc(OC)c1OCc1ccccc1.COc1cc(C(=O)Nc2cccc3cnccc23)cc(OC)c1OCc1ccccc1.Cl. The summed E-state index contributed by atoms with van der Waals surface area (Å²) in [5.74, 6) is 3.47. The number of nitrogens with one attached hydrogen (secondary N) is 5. The summed E-state index contributed by atoms with van der Waals surface area (Å²) in [5.41, 5.74) is 4.49. The second kappa shape index (κ2) is 59.5. The van der Waals surface area contributed by atoms with Gasteiger partial charge >= 0.3 is 0 Å². The van der Waals surface area contributed by atoms with Gasteiger partial charge in [0.05, 0.1) is 110 Å². The summed E-state index contributed by atoms with van der Waals surface area (Å²) < 4.78 is 116. The molecule has 0 saturated heterocycles. The molecule has 36 heteroatoms. The van der Waals surface area contributed by atoms with E-state index in [1.807, 2.05) is 149 Å². The van der Waals surface area contributed by atoms with Crippen molar-refractivity contribution in [1.82, 2.24) is 40.9 Å². The fraction of sp³-hybridized carbons (Fsp3) is 0.418. The van der Waals surface area contributed by atoms with E-state index in [0.29, 0.717) is 190 Å². The third-order valence-corrected chi connectivity index (χ3v) is 25.1. The zero-order chi connectivity index (χ0) is 105. The number of halogens is 3. The van der Waals surface area contributed by atoms with Crippen LogP contribution in [0.1, 0.15) is 197 Å². The number of methoxy groups -OCH3 is 11. The number of rotatable bonds is 45. The molecule has 0 bridgehead atoms. The maximum Gasteiger partial charge on any atom is 0.257 e. The number of benzene rings is 9. The van der Waals surface area contributed by atoms with Crippen LogP contribution in [0.2, 0.25) is 0 Å². The smallest absolute Gasteiger partial charge is 0.257 e. The molecule has 0 spiro atoms. The van der Waals surface area contributed by atoms with Gasteiger partial charge in [0, 0.05) is 94.7 Å². The molecule has 2 aromatic heterocycles. The number of amides is 5. The van der Waals surface area contributed by atoms with Crippen LogP contribution in [-0.4, -0.2) is 223 Å². The predicted octanol–water partition coefficient (Wildman–Crippen LogP) is 20.6. The topological polar surface area (TPSA) is 359 Å². The third-order valence-electron chi connectivity index (χ3n) is 24.4. The van der Waals surface area contributed by atoms with Gasteiger partial charge in [0.1, 0.15) is 24.0 Å². The number of anilines is 2. The molecular weight excluding hydrogens is 1920 g/mol. The molecular formula is C110H141ClF2N10O22S. The Hall–Kier alpha value is -13.9. The Labute approximate surface area is 865 Å². The first kappa shape index (κ1) is 117. The lowest BCUT2D eigenvalue weighted by atomic mass is 9.78. The number of hydrogen-bond acceptors (Lipinski definition) is 28. The van der Waals surface area contributed by atoms with E-state index in [1.54, 1.807) is 94.4 Å². The van der Waals surface area contributed by atoms with E-state index in [1.165, 1.54) is 68.2 Å². The normalized spacial score (nSPS) is 13.1. The molecule has 2 fully saturated rings. The number of pyridine rings is 1. The summed E-state index contributed by atoms with van der Waals surface area (Å²) in [5, 5.41) is 35.9. The molecule has 9 aromatic carbocycles. The number of likely N-dealkylation sites (N-methyl/N-ethyl adjacent to an activating group) is 2. The first-order valence-electron chi connectivity index (χ1n) is 48.2. The molecule has 11 aromatic rings. The van der Waals surface area contributed by atoms with E-state index in [-0.39, 0.29) is 73.9 Å². The number of carbonyl (C=O) groups excluding carboxylic acids is 5. The highest BCUT2D eigenvalue weighted by molar-refractivity contribution is 7.15. The molecule has 0 radical (unpaired) electrons. The Bertz CT molecular complexity index is 5810. The Morgan fingerprint density at radius 1 is 0.425 bits per heavy atom. The lowest BCUT2D eigenvalue weighted by Crippen LogP contribution is -2.56. The Balaban J connectivity index is 0.000000223. The van der Waals surface area contributed by atoms with Crippen LogP contribution < -0.4 is 102 Å². The van der Waals surface area contributed by atoms with Gasteiger partial charge in [-0.25, -0.2) is 8.78 Å². The number of aliphatic hydroxyl groups is 1. The van der Waals surface area contributed by atoms with Gasteiger partial charge in [-0.1, -0.05) is 156 Å². The summed E-state index contributed by atoms with van der Waals surface area (Å²) in [6, 6.07) is 51.3. The predicted molar refractivity (Wildman–Crippen MR) is 564 cm³/mol. The van der Waals surface area contributed by atoms with Crippen molar-refractivity contribution in [1.29, 1.82) is 0 Å². The molecule has 2 saturated carbocycles. The Morgan fingerprint density at radius 3 is 1.16 bits per heavy atom. The molecule has 2 heterocycles. The fourth-order valence-electron chi connectivity index (χ4n) is 15.8. The lowest BCUT2D eigenvalue weighted by Gasteiger charge is -2.45. The number of nitrogens with zero attached hydrogens (tertiary/aromatic N) is 5. The van der Waals surface area contributed by atoms with Gasteiger partial charge in [0.15, 0.2) is 57.5 Å². The lowest BCUT2D eigenvalue weighted by molar-refractivity contribution is -0.0727. The van der Waals surface area contributed by atoms with E-state index in [2.05, 4.69) is 67.4 Å². The Kier molecular flexibility index (Phi) is 47.9. The number of hydrogen-bond donors (Lipinski definition) is 6. The number of aryl methyl sites for hydroxylation is 1. The van der Waals surface area contributed by atoms with Crippen LogP contribution >= 0.6 is 23.7 Å². The van der Waals surface area contributed by atoms with E-state index >= 15 is 0 Å². The van der Waals surface area contributed by atoms with Gasteiger partial charge in [-0.3, -0.25) is 34.3 Å². The van der Waals surface area contributed by atoms with Crippen molar-refractivity contribution in [3.8, 4) is 92.0 Å². The van der Waals surface area contributed by atoms with Crippen molar-refractivity contribution < 1.29 is 114 Å². The highest BCUT2D eigenvalue weighted by atomic mass is 35.5. The van der Waals surface area contributed by atoms with Gasteiger partial charge in [-0.05, 0) is 182 Å². The molecule has 13 rings (SSSR count). The number of alkyl halides is 2. The first-order chi connectivity index (χ1) is 69.9. The van der Waals surface area contributed by atoms with Gasteiger partial charge < -0.3 is 112 Å². The minimum absolute atomic E-state index is 0. The average molecular weight is 2060 g/mol. The highest BCUT2D eigenvalue weighted by Gasteiger charge is 2.45. The van der Waals surface area contributed by atoms with E-state index in [0.717, 1.165) is 96.0 Å². The zero-order valence-corrected chi connectivity index (χ0v) is 88.6. The summed E-state index contributed by atoms with van der Waals surface area (Å²) in [7, 11) is 24.6. The van der Waals surface area contributed by atoms with Gasteiger partial charge in [-0.15, -0.1) is 22.6 Å². The van der Waals surface area contributed by atoms with Crippen LogP contribution in [0.4, 0.5) is 19.6 Å². The van der Waals surface area contributed by atoms with E-state index in [9.17, 15) is 37.9 Å². The highest BCUT2D eigenvalue weighted by Crippen LogP contribution is 2.46. The third kappa shape index (κ3) is 34.1. The van der Waals surface area contributed by atoms with E-state index < -0.39 is 17.1 Å². The first-order valence-corrected chi connectivity index (χ1v) is 49.0. The summed E-state index contributed by atoms with van der Waals surface area (Å²) >= 11 is 1.31. The molecule has 1 unspecified atom stereocenters. The maximum absolute atomic E-state index is 13.6. The van der Waals surface area contributed by atoms with Crippen LogP contribution in [0.25, 0.3) is 10.8 Å². The largest absolute Gasteiger partial charge is 0.497 e. The number of aromatic nitrogens is 3. The maximum atomic E-state index is 13.6. The van der Waals surface area contributed by atoms with Crippen LogP contribution in [0, 0.1) is 6.92 Å². The fourth-order valence-corrected chi connectivity index (χ4v) is 16.4. The van der Waals surface area contributed by atoms with E-state index in [4.69, 9.17) is 75.8 Å². The van der Waals surface area contributed by atoms with Gasteiger partial charge in [0.2, 0.25) is 39.8 Å². The molecule has 5 amide bonds.